The monoisotopic (exact) mass is 204 g/mol. The number of benzene rings is 1. The van der Waals surface area contributed by atoms with E-state index >= 15 is 0 Å². The summed E-state index contributed by atoms with van der Waals surface area (Å²) in [5.41, 5.74) is 2.97. The van der Waals surface area contributed by atoms with Crippen LogP contribution in [0.25, 0.3) is 0 Å². The molecule has 0 aliphatic heterocycles. The second-order valence-electron chi connectivity index (χ2n) is 4.25. The van der Waals surface area contributed by atoms with Crippen molar-refractivity contribution in [1.82, 2.24) is 0 Å². The highest BCUT2D eigenvalue weighted by Crippen LogP contribution is 2.32. The van der Waals surface area contributed by atoms with Crippen LogP contribution in [0.4, 0.5) is 0 Å². The van der Waals surface area contributed by atoms with Gasteiger partial charge in [0.1, 0.15) is 0 Å². The van der Waals surface area contributed by atoms with Crippen molar-refractivity contribution in [1.29, 1.82) is 0 Å². The highest BCUT2D eigenvalue weighted by atomic mass is 14.2. The van der Waals surface area contributed by atoms with Gasteiger partial charge in [0.2, 0.25) is 0 Å². The van der Waals surface area contributed by atoms with Gasteiger partial charge in [-0.3, -0.25) is 0 Å². The van der Waals surface area contributed by atoms with Gasteiger partial charge in [0, 0.05) is 0 Å². The first-order valence-corrected chi connectivity index (χ1v) is 6.43. The summed E-state index contributed by atoms with van der Waals surface area (Å²) in [4.78, 5) is 0. The second-order valence-corrected chi connectivity index (χ2v) is 4.25. The Labute approximate surface area is 94.7 Å². The van der Waals surface area contributed by atoms with E-state index in [0.29, 0.717) is 0 Å². The molecule has 0 amide bonds. The van der Waals surface area contributed by atoms with Crippen molar-refractivity contribution >= 4 is 0 Å². The maximum Gasteiger partial charge on any atom is -0.0162 e. The summed E-state index contributed by atoms with van der Waals surface area (Å²) in [5, 5.41) is 0. The lowest BCUT2D eigenvalue weighted by molar-refractivity contribution is 0.443. The van der Waals surface area contributed by atoms with Crippen LogP contribution in [0, 0.1) is 6.92 Å². The minimum absolute atomic E-state index is 0.855. The quantitative estimate of drug-likeness (QED) is 0.599. The first-order valence-electron chi connectivity index (χ1n) is 6.43. The molecule has 1 aromatic rings. The zero-order chi connectivity index (χ0) is 11.1. The minimum Gasteiger partial charge on any atom is -0.0683 e. The van der Waals surface area contributed by atoms with E-state index in [1.165, 1.54) is 37.7 Å². The van der Waals surface area contributed by atoms with Crippen molar-refractivity contribution in [3.63, 3.8) is 0 Å². The van der Waals surface area contributed by atoms with Crippen molar-refractivity contribution in [2.75, 3.05) is 0 Å². The van der Waals surface area contributed by atoms with Crippen LogP contribution in [-0.4, -0.2) is 0 Å². The summed E-state index contributed by atoms with van der Waals surface area (Å²) in [6.45, 7) is 6.19. The molecule has 0 nitrogen and oxygen atoms in total. The third kappa shape index (κ3) is 3.70. The Balaban J connectivity index is 0.000000531. The molecule has 2 rings (SSSR count). The van der Waals surface area contributed by atoms with Crippen molar-refractivity contribution in [3.05, 3.63) is 35.4 Å². The van der Waals surface area contributed by atoms with E-state index in [0.717, 1.165) is 5.92 Å². The standard InChI is InChI=1S/C13H18.C2H6/c1-11-6-5-9-13(10-11)12-7-3-2-4-8-12;1-2/h5-6,9-10,12H,2-4,7-8H2,1H3;1-2H3. The van der Waals surface area contributed by atoms with E-state index in [9.17, 15) is 0 Å². The molecule has 1 saturated carbocycles. The van der Waals surface area contributed by atoms with Gasteiger partial charge in [-0.05, 0) is 31.2 Å². The van der Waals surface area contributed by atoms with E-state index in [1.54, 1.807) is 5.56 Å². The maximum atomic E-state index is 2.36. The van der Waals surface area contributed by atoms with Gasteiger partial charge in [-0.2, -0.15) is 0 Å². The van der Waals surface area contributed by atoms with E-state index < -0.39 is 0 Å². The molecule has 1 aliphatic carbocycles. The normalized spacial score (nSPS) is 16.7. The first kappa shape index (κ1) is 12.3. The Hall–Kier alpha value is -0.780. The molecule has 0 heterocycles. The fourth-order valence-electron chi connectivity index (χ4n) is 2.36. The maximum absolute atomic E-state index is 2.36. The van der Waals surface area contributed by atoms with Gasteiger partial charge in [-0.15, -0.1) is 0 Å². The van der Waals surface area contributed by atoms with Gasteiger partial charge in [0.05, 0.1) is 0 Å². The molecular weight excluding hydrogens is 180 g/mol. The van der Waals surface area contributed by atoms with Crippen molar-refractivity contribution in [3.8, 4) is 0 Å². The lowest BCUT2D eigenvalue weighted by Crippen LogP contribution is -2.04. The fraction of sp³-hybridized carbons (Fsp3) is 0.600. The summed E-state index contributed by atoms with van der Waals surface area (Å²) in [6.07, 6.45) is 7.12. The zero-order valence-corrected chi connectivity index (χ0v) is 10.4. The predicted molar refractivity (Wildman–Crippen MR) is 68.4 cm³/mol. The summed E-state index contributed by atoms with van der Waals surface area (Å²) in [5.74, 6) is 0.855. The lowest BCUT2D eigenvalue weighted by Gasteiger charge is -2.22. The van der Waals surface area contributed by atoms with E-state index in [-0.39, 0.29) is 0 Å². The van der Waals surface area contributed by atoms with E-state index in [2.05, 4.69) is 31.2 Å². The molecule has 0 bridgehead atoms. The van der Waals surface area contributed by atoms with Crippen LogP contribution >= 0.6 is 0 Å². The molecule has 84 valence electrons. The Morgan fingerprint density at radius 2 is 1.67 bits per heavy atom. The number of aryl methyl sites for hydroxylation is 1. The highest BCUT2D eigenvalue weighted by Gasteiger charge is 2.14. The number of hydrogen-bond acceptors (Lipinski definition) is 0. The Morgan fingerprint density at radius 1 is 1.00 bits per heavy atom. The Bertz CT molecular complexity index is 269. The smallest absolute Gasteiger partial charge is 0.0162 e. The molecule has 15 heavy (non-hydrogen) atoms. The van der Waals surface area contributed by atoms with Crippen LogP contribution in [0.15, 0.2) is 24.3 Å². The van der Waals surface area contributed by atoms with Crippen LogP contribution in [0.2, 0.25) is 0 Å². The number of hydrogen-bond donors (Lipinski definition) is 0. The molecule has 1 fully saturated rings. The van der Waals surface area contributed by atoms with Gasteiger partial charge in [0.15, 0.2) is 0 Å². The molecule has 0 heteroatoms. The molecule has 0 saturated heterocycles. The average molecular weight is 204 g/mol. The van der Waals surface area contributed by atoms with Crippen LogP contribution in [-0.2, 0) is 0 Å². The van der Waals surface area contributed by atoms with Crippen LogP contribution < -0.4 is 0 Å². The van der Waals surface area contributed by atoms with Crippen LogP contribution in [0.3, 0.4) is 0 Å². The molecule has 0 radical (unpaired) electrons. The van der Waals surface area contributed by atoms with E-state index in [1.807, 2.05) is 13.8 Å². The van der Waals surface area contributed by atoms with Gasteiger partial charge < -0.3 is 0 Å². The second kappa shape index (κ2) is 6.66. The molecular formula is C15H24. The van der Waals surface area contributed by atoms with E-state index in [4.69, 9.17) is 0 Å². The van der Waals surface area contributed by atoms with Crippen molar-refractivity contribution in [2.24, 2.45) is 0 Å². The van der Waals surface area contributed by atoms with Gasteiger partial charge in [-0.25, -0.2) is 0 Å². The molecule has 0 aromatic heterocycles. The van der Waals surface area contributed by atoms with Crippen molar-refractivity contribution < 1.29 is 0 Å². The molecule has 1 aromatic carbocycles. The molecule has 0 N–H and O–H groups in total. The topological polar surface area (TPSA) is 0 Å². The third-order valence-electron chi connectivity index (χ3n) is 3.12. The Kier molecular flexibility index (Phi) is 5.45. The largest absolute Gasteiger partial charge is 0.0683 e. The molecule has 1 aliphatic rings. The first-order chi connectivity index (χ1) is 7.36. The van der Waals surface area contributed by atoms with Crippen molar-refractivity contribution in [2.45, 2.75) is 58.8 Å². The third-order valence-corrected chi connectivity index (χ3v) is 3.12. The number of rotatable bonds is 1. The summed E-state index contributed by atoms with van der Waals surface area (Å²) >= 11 is 0. The molecule has 0 spiro atoms. The Morgan fingerprint density at radius 3 is 2.27 bits per heavy atom. The predicted octanol–water partition coefficient (Wildman–Crippen LogP) is 5.07. The van der Waals surface area contributed by atoms with Gasteiger partial charge in [0.25, 0.3) is 0 Å². The minimum atomic E-state index is 0.855. The highest BCUT2D eigenvalue weighted by molar-refractivity contribution is 5.25. The lowest BCUT2D eigenvalue weighted by atomic mass is 9.84. The van der Waals surface area contributed by atoms with Crippen LogP contribution in [0.1, 0.15) is 63.0 Å². The summed E-state index contributed by atoms with van der Waals surface area (Å²) < 4.78 is 0. The average Bonchev–Trinajstić information content (AvgIpc) is 2.33. The molecule has 0 unspecified atom stereocenters. The van der Waals surface area contributed by atoms with Gasteiger partial charge >= 0.3 is 0 Å². The molecule has 0 atom stereocenters. The summed E-state index contributed by atoms with van der Waals surface area (Å²) in [6, 6.07) is 9.03. The summed E-state index contributed by atoms with van der Waals surface area (Å²) in [7, 11) is 0. The SMILES string of the molecule is CC.Cc1cccc(C2CCCCC2)c1. The van der Waals surface area contributed by atoms with Crippen LogP contribution in [0.5, 0.6) is 0 Å². The fourth-order valence-corrected chi connectivity index (χ4v) is 2.36. The van der Waals surface area contributed by atoms with Gasteiger partial charge in [-0.1, -0.05) is 62.9 Å². The zero-order valence-electron chi connectivity index (χ0n) is 10.4.